The van der Waals surface area contributed by atoms with Crippen LogP contribution in [0, 0.1) is 23.7 Å². The number of rotatable bonds is 6. The van der Waals surface area contributed by atoms with E-state index in [9.17, 15) is 0 Å². The number of unbranched alkanes of at least 4 members (excludes halogenated alkanes) is 1. The smallest absolute Gasteiger partial charge is 0.0124 e. The summed E-state index contributed by atoms with van der Waals surface area (Å²) in [5.41, 5.74) is 1.49. The number of hydrogen-bond acceptors (Lipinski definition) is 1. The average molecular weight is 283 g/mol. The van der Waals surface area contributed by atoms with Crippen LogP contribution in [0.5, 0.6) is 0 Å². The second-order valence-corrected chi connectivity index (χ2v) is 7.85. The van der Waals surface area contributed by atoms with E-state index in [1.807, 2.05) is 0 Å². The fourth-order valence-corrected chi connectivity index (χ4v) is 5.63. The predicted molar refractivity (Wildman–Crippen MR) is 88.2 cm³/mol. The first-order valence-electron chi connectivity index (χ1n) is 9.16. The lowest BCUT2D eigenvalue weighted by atomic mass is 9.54. The topological polar surface area (TPSA) is 12.0 Å². The Hall–Kier alpha value is -0.820. The number of hydrogen-bond donors (Lipinski definition) is 1. The van der Waals surface area contributed by atoms with Gasteiger partial charge in [-0.15, -0.1) is 0 Å². The first-order valence-corrected chi connectivity index (χ1v) is 9.16. The minimum Gasteiger partial charge on any atom is -0.313 e. The molecule has 4 aliphatic carbocycles. The molecule has 0 amide bonds. The van der Waals surface area contributed by atoms with E-state index < -0.39 is 0 Å². The summed E-state index contributed by atoms with van der Waals surface area (Å²) in [7, 11) is 0. The van der Waals surface area contributed by atoms with Crippen molar-refractivity contribution >= 4 is 0 Å². The fourth-order valence-electron chi connectivity index (χ4n) is 5.63. The van der Waals surface area contributed by atoms with Gasteiger partial charge in [-0.25, -0.2) is 0 Å². The summed E-state index contributed by atoms with van der Waals surface area (Å²) >= 11 is 0. The average Bonchev–Trinajstić information content (AvgIpc) is 2.50. The lowest BCUT2D eigenvalue weighted by molar-refractivity contribution is -0.0135. The molecule has 4 fully saturated rings. The maximum absolute atomic E-state index is 3.95. The zero-order valence-corrected chi connectivity index (χ0v) is 13.1. The predicted octanol–water partition coefficient (Wildman–Crippen LogP) is 4.42. The summed E-state index contributed by atoms with van der Waals surface area (Å²) in [5.74, 6) is 4.25. The first-order chi connectivity index (χ1) is 10.4. The lowest BCUT2D eigenvalue weighted by Crippen LogP contribution is -2.54. The van der Waals surface area contributed by atoms with Crippen LogP contribution in [-0.2, 0) is 6.42 Å². The Morgan fingerprint density at radius 1 is 0.810 bits per heavy atom. The molecule has 1 heteroatoms. The van der Waals surface area contributed by atoms with Gasteiger partial charge in [0.25, 0.3) is 0 Å². The Balaban J connectivity index is 1.19. The summed E-state index contributed by atoms with van der Waals surface area (Å²) in [6.45, 7) is 1.24. The zero-order chi connectivity index (χ0) is 14.1. The van der Waals surface area contributed by atoms with Crippen molar-refractivity contribution in [3.8, 4) is 0 Å². The Morgan fingerprint density at radius 3 is 2.14 bits per heavy atom. The van der Waals surface area contributed by atoms with E-state index in [1.54, 1.807) is 6.42 Å². The molecule has 1 aromatic rings. The SMILES string of the molecule is c1ccc(CCCCNC2C3CC4CC(C3)CC2C4)cc1. The van der Waals surface area contributed by atoms with E-state index in [-0.39, 0.29) is 0 Å². The molecule has 1 N–H and O–H groups in total. The van der Waals surface area contributed by atoms with Crippen LogP contribution < -0.4 is 5.32 Å². The van der Waals surface area contributed by atoms with Crippen molar-refractivity contribution < 1.29 is 0 Å². The summed E-state index contributed by atoms with van der Waals surface area (Å²) in [4.78, 5) is 0. The molecule has 4 saturated carbocycles. The highest BCUT2D eigenvalue weighted by atomic mass is 14.9. The van der Waals surface area contributed by atoms with Gasteiger partial charge in [0, 0.05) is 6.04 Å². The normalized spacial score (nSPS) is 37.0. The van der Waals surface area contributed by atoms with Crippen LogP contribution in [0.3, 0.4) is 0 Å². The largest absolute Gasteiger partial charge is 0.313 e. The summed E-state index contributed by atoms with van der Waals surface area (Å²) in [6.07, 6.45) is 11.6. The van der Waals surface area contributed by atoms with E-state index in [2.05, 4.69) is 35.6 Å². The van der Waals surface area contributed by atoms with E-state index in [4.69, 9.17) is 0 Å². The van der Waals surface area contributed by atoms with Gasteiger partial charge >= 0.3 is 0 Å². The van der Waals surface area contributed by atoms with Crippen molar-refractivity contribution in [2.24, 2.45) is 23.7 Å². The van der Waals surface area contributed by atoms with E-state index in [0.29, 0.717) is 0 Å². The number of nitrogens with one attached hydrogen (secondary N) is 1. The van der Waals surface area contributed by atoms with Gasteiger partial charge in [-0.3, -0.25) is 0 Å². The van der Waals surface area contributed by atoms with Crippen LogP contribution in [0.15, 0.2) is 30.3 Å². The minimum absolute atomic E-state index is 0.870. The van der Waals surface area contributed by atoms with Gasteiger partial charge < -0.3 is 5.32 Å². The Morgan fingerprint density at radius 2 is 1.48 bits per heavy atom. The van der Waals surface area contributed by atoms with E-state index in [1.165, 1.54) is 57.1 Å². The lowest BCUT2D eigenvalue weighted by Gasteiger charge is -2.54. The number of benzene rings is 1. The Kier molecular flexibility index (Phi) is 4.03. The molecule has 0 radical (unpaired) electrons. The van der Waals surface area contributed by atoms with Gasteiger partial charge in [0.15, 0.2) is 0 Å². The number of aryl methyl sites for hydroxylation is 1. The van der Waals surface area contributed by atoms with Crippen LogP contribution >= 0.6 is 0 Å². The summed E-state index contributed by atoms with van der Waals surface area (Å²) in [5, 5.41) is 3.95. The third-order valence-electron chi connectivity index (χ3n) is 6.34. The Labute approximate surface area is 129 Å². The van der Waals surface area contributed by atoms with Gasteiger partial charge in [0.05, 0.1) is 0 Å². The minimum atomic E-state index is 0.870. The monoisotopic (exact) mass is 283 g/mol. The Bertz CT molecular complexity index is 424. The molecule has 0 heterocycles. The zero-order valence-electron chi connectivity index (χ0n) is 13.1. The van der Waals surface area contributed by atoms with E-state index >= 15 is 0 Å². The second kappa shape index (κ2) is 6.12. The molecule has 4 aliphatic rings. The molecule has 5 rings (SSSR count). The molecule has 0 aromatic heterocycles. The van der Waals surface area contributed by atoms with Crippen LogP contribution in [-0.4, -0.2) is 12.6 Å². The van der Waals surface area contributed by atoms with Gasteiger partial charge in [-0.05, 0) is 87.1 Å². The van der Waals surface area contributed by atoms with Crippen molar-refractivity contribution in [3.05, 3.63) is 35.9 Å². The fraction of sp³-hybridized carbons (Fsp3) is 0.700. The van der Waals surface area contributed by atoms with Gasteiger partial charge in [0.1, 0.15) is 0 Å². The summed E-state index contributed by atoms with van der Waals surface area (Å²) in [6, 6.07) is 11.8. The van der Waals surface area contributed by atoms with Gasteiger partial charge in [-0.2, -0.15) is 0 Å². The standard InChI is InChI=1S/C20H29N/c1-2-6-15(7-3-1)8-4-5-9-21-20-18-11-16-10-17(13-18)14-19(20)12-16/h1-3,6-7,16-21H,4-5,8-14H2. The molecule has 0 unspecified atom stereocenters. The molecule has 0 aliphatic heterocycles. The third-order valence-corrected chi connectivity index (χ3v) is 6.34. The summed E-state index contributed by atoms with van der Waals surface area (Å²) < 4.78 is 0. The van der Waals surface area contributed by atoms with Crippen LogP contribution in [0.2, 0.25) is 0 Å². The maximum atomic E-state index is 3.95. The van der Waals surface area contributed by atoms with Crippen molar-refractivity contribution in [1.82, 2.24) is 5.32 Å². The molecule has 0 saturated heterocycles. The molecular formula is C20H29N. The van der Waals surface area contributed by atoms with Crippen LogP contribution in [0.4, 0.5) is 0 Å². The molecule has 0 spiro atoms. The van der Waals surface area contributed by atoms with Crippen molar-refractivity contribution in [2.75, 3.05) is 6.54 Å². The molecule has 114 valence electrons. The highest BCUT2D eigenvalue weighted by molar-refractivity contribution is 5.14. The molecule has 21 heavy (non-hydrogen) atoms. The molecule has 1 nitrogen and oxygen atoms in total. The second-order valence-electron chi connectivity index (χ2n) is 7.85. The maximum Gasteiger partial charge on any atom is 0.0124 e. The van der Waals surface area contributed by atoms with E-state index in [0.717, 1.165) is 29.7 Å². The molecular weight excluding hydrogens is 254 g/mol. The quantitative estimate of drug-likeness (QED) is 0.762. The van der Waals surface area contributed by atoms with Crippen LogP contribution in [0.1, 0.15) is 50.5 Å². The first kappa shape index (κ1) is 13.8. The van der Waals surface area contributed by atoms with Crippen molar-refractivity contribution in [3.63, 3.8) is 0 Å². The highest BCUT2D eigenvalue weighted by Gasteiger charge is 2.47. The van der Waals surface area contributed by atoms with Crippen molar-refractivity contribution in [1.29, 1.82) is 0 Å². The highest BCUT2D eigenvalue weighted by Crippen LogP contribution is 2.53. The van der Waals surface area contributed by atoms with Crippen LogP contribution in [0.25, 0.3) is 0 Å². The third kappa shape index (κ3) is 3.04. The van der Waals surface area contributed by atoms with Crippen molar-refractivity contribution in [2.45, 2.75) is 57.4 Å². The molecule has 0 atom stereocenters. The van der Waals surface area contributed by atoms with Gasteiger partial charge in [-0.1, -0.05) is 30.3 Å². The molecule has 1 aromatic carbocycles. The van der Waals surface area contributed by atoms with Gasteiger partial charge in [0.2, 0.25) is 0 Å². The molecule has 4 bridgehead atoms.